The molecule has 1 aromatic heterocycles. The normalized spacial score (nSPS) is 16.3. The number of hydrogen-bond acceptors (Lipinski definition) is 6. The van der Waals surface area contributed by atoms with Gasteiger partial charge in [0.25, 0.3) is 0 Å². The van der Waals surface area contributed by atoms with Gasteiger partial charge in [-0.05, 0) is 23.3 Å². The molecular weight excluding hydrogens is 276 g/mol. The lowest BCUT2D eigenvalue weighted by atomic mass is 10.1. The van der Waals surface area contributed by atoms with Crippen LogP contribution < -0.4 is 16.0 Å². The number of allylic oxidation sites excluding steroid dienone is 1. The highest BCUT2D eigenvalue weighted by molar-refractivity contribution is 5.71. The molecule has 1 aliphatic rings. The van der Waals surface area contributed by atoms with E-state index < -0.39 is 0 Å². The van der Waals surface area contributed by atoms with Crippen molar-refractivity contribution in [3.8, 4) is 0 Å². The Kier molecular flexibility index (Phi) is 4.74. The Labute approximate surface area is 129 Å². The zero-order chi connectivity index (χ0) is 15.0. The van der Waals surface area contributed by atoms with Crippen molar-refractivity contribution in [2.75, 3.05) is 5.32 Å². The van der Waals surface area contributed by atoms with E-state index in [2.05, 4.69) is 55.2 Å². The summed E-state index contributed by atoms with van der Waals surface area (Å²) in [6, 6.07) is 10.2. The van der Waals surface area contributed by atoms with E-state index in [0.717, 1.165) is 6.54 Å². The molecule has 0 bridgehead atoms. The molecule has 2 aromatic rings. The van der Waals surface area contributed by atoms with Gasteiger partial charge in [-0.3, -0.25) is 10.3 Å². The second kappa shape index (κ2) is 7.33. The molecule has 22 heavy (non-hydrogen) atoms. The molecule has 1 unspecified atom stereocenters. The van der Waals surface area contributed by atoms with Gasteiger partial charge in [0.2, 0.25) is 5.95 Å². The first kappa shape index (κ1) is 14.2. The van der Waals surface area contributed by atoms with Crippen molar-refractivity contribution < 1.29 is 0 Å². The maximum atomic E-state index is 4.27. The highest BCUT2D eigenvalue weighted by Crippen LogP contribution is 2.07. The fraction of sp³-hybridized carbons (Fsp3) is 0.188. The standard InChI is InChI=1S/C16H18N6/c1-7-17-15(18-8-1)21-11-13-3-5-14(6-4-13)12-22-16-19-9-2-10-20-16/h1-10,15,17,21H,11-12H2,(H,19,20,22). The van der Waals surface area contributed by atoms with Crippen molar-refractivity contribution in [2.45, 2.75) is 19.4 Å². The van der Waals surface area contributed by atoms with E-state index in [4.69, 9.17) is 0 Å². The minimum Gasteiger partial charge on any atom is -0.358 e. The second-order valence-corrected chi connectivity index (χ2v) is 4.85. The van der Waals surface area contributed by atoms with Gasteiger partial charge in [0, 0.05) is 37.9 Å². The number of hydrogen-bond donors (Lipinski definition) is 3. The molecular formula is C16H18N6. The fourth-order valence-corrected chi connectivity index (χ4v) is 2.04. The number of nitrogens with one attached hydrogen (secondary N) is 3. The molecule has 6 heteroatoms. The van der Waals surface area contributed by atoms with Crippen molar-refractivity contribution in [3.05, 3.63) is 66.1 Å². The quantitative estimate of drug-likeness (QED) is 0.755. The average Bonchev–Trinajstić information content (AvgIpc) is 2.61. The number of anilines is 1. The van der Waals surface area contributed by atoms with Crippen LogP contribution in [0.15, 0.2) is 60.0 Å². The highest BCUT2D eigenvalue weighted by atomic mass is 15.2. The van der Waals surface area contributed by atoms with Crippen LogP contribution in [0.3, 0.4) is 0 Å². The van der Waals surface area contributed by atoms with Crippen molar-refractivity contribution >= 4 is 12.2 Å². The molecule has 2 heterocycles. The molecule has 0 saturated carbocycles. The van der Waals surface area contributed by atoms with Gasteiger partial charge in [0.1, 0.15) is 0 Å². The smallest absolute Gasteiger partial charge is 0.222 e. The lowest BCUT2D eigenvalue weighted by Gasteiger charge is -2.16. The third kappa shape index (κ3) is 4.13. The predicted octanol–water partition coefficient (Wildman–Crippen LogP) is 1.65. The molecule has 0 aliphatic carbocycles. The van der Waals surface area contributed by atoms with Crippen LogP contribution in [0.1, 0.15) is 11.1 Å². The molecule has 112 valence electrons. The van der Waals surface area contributed by atoms with Gasteiger partial charge in [-0.2, -0.15) is 0 Å². The van der Waals surface area contributed by atoms with Crippen LogP contribution in [-0.2, 0) is 13.1 Å². The summed E-state index contributed by atoms with van der Waals surface area (Å²) < 4.78 is 0. The molecule has 0 amide bonds. The Hall–Kier alpha value is -2.73. The zero-order valence-electron chi connectivity index (χ0n) is 12.1. The monoisotopic (exact) mass is 294 g/mol. The van der Waals surface area contributed by atoms with Crippen LogP contribution in [0.2, 0.25) is 0 Å². The van der Waals surface area contributed by atoms with Gasteiger partial charge in [0.05, 0.1) is 0 Å². The van der Waals surface area contributed by atoms with Crippen molar-refractivity contribution in [2.24, 2.45) is 4.99 Å². The lowest BCUT2D eigenvalue weighted by molar-refractivity contribution is 0.486. The van der Waals surface area contributed by atoms with Crippen LogP contribution in [0, 0.1) is 0 Å². The number of aliphatic imine (C=N–C) groups is 1. The Morgan fingerprint density at radius 3 is 2.41 bits per heavy atom. The van der Waals surface area contributed by atoms with Crippen molar-refractivity contribution in [1.82, 2.24) is 20.6 Å². The number of nitrogens with zero attached hydrogens (tertiary/aromatic N) is 3. The Morgan fingerprint density at radius 1 is 1.00 bits per heavy atom. The summed E-state index contributed by atoms with van der Waals surface area (Å²) in [6.45, 7) is 1.47. The van der Waals surface area contributed by atoms with Gasteiger partial charge in [-0.25, -0.2) is 9.97 Å². The van der Waals surface area contributed by atoms with Gasteiger partial charge < -0.3 is 10.6 Å². The van der Waals surface area contributed by atoms with E-state index in [9.17, 15) is 0 Å². The Bertz CT molecular complexity index is 635. The Balaban J connectivity index is 1.47. The van der Waals surface area contributed by atoms with Gasteiger partial charge in [-0.15, -0.1) is 0 Å². The fourth-order valence-electron chi connectivity index (χ4n) is 2.04. The minimum atomic E-state index is -0.0541. The number of aromatic nitrogens is 2. The summed E-state index contributed by atoms with van der Waals surface area (Å²) in [5, 5.41) is 9.63. The molecule has 0 fully saturated rings. The van der Waals surface area contributed by atoms with E-state index in [-0.39, 0.29) is 6.29 Å². The summed E-state index contributed by atoms with van der Waals surface area (Å²) in [5.41, 5.74) is 2.40. The lowest BCUT2D eigenvalue weighted by Crippen LogP contribution is -2.38. The molecule has 1 aromatic carbocycles. The molecule has 0 radical (unpaired) electrons. The van der Waals surface area contributed by atoms with Crippen LogP contribution >= 0.6 is 0 Å². The number of rotatable bonds is 6. The molecule has 1 atom stereocenters. The van der Waals surface area contributed by atoms with Crippen LogP contribution in [0.5, 0.6) is 0 Å². The van der Waals surface area contributed by atoms with E-state index in [1.807, 2.05) is 12.3 Å². The predicted molar refractivity (Wildman–Crippen MR) is 87.2 cm³/mol. The third-order valence-corrected chi connectivity index (χ3v) is 3.21. The zero-order valence-corrected chi connectivity index (χ0v) is 12.1. The van der Waals surface area contributed by atoms with Crippen LogP contribution in [0.25, 0.3) is 0 Å². The first-order valence-electron chi connectivity index (χ1n) is 7.16. The third-order valence-electron chi connectivity index (χ3n) is 3.21. The first-order chi connectivity index (χ1) is 10.9. The molecule has 6 nitrogen and oxygen atoms in total. The van der Waals surface area contributed by atoms with Gasteiger partial charge in [0.15, 0.2) is 6.29 Å². The van der Waals surface area contributed by atoms with Gasteiger partial charge >= 0.3 is 0 Å². The topological polar surface area (TPSA) is 74.2 Å². The van der Waals surface area contributed by atoms with E-state index in [1.165, 1.54) is 11.1 Å². The average molecular weight is 294 g/mol. The minimum absolute atomic E-state index is 0.0541. The summed E-state index contributed by atoms with van der Waals surface area (Å²) in [6.07, 6.45) is 8.93. The van der Waals surface area contributed by atoms with E-state index in [1.54, 1.807) is 24.7 Å². The molecule has 3 N–H and O–H groups in total. The Morgan fingerprint density at radius 2 is 1.73 bits per heavy atom. The maximum Gasteiger partial charge on any atom is 0.222 e. The van der Waals surface area contributed by atoms with Crippen molar-refractivity contribution in [3.63, 3.8) is 0 Å². The summed E-state index contributed by atoms with van der Waals surface area (Å²) in [4.78, 5) is 12.5. The van der Waals surface area contributed by atoms with E-state index >= 15 is 0 Å². The van der Waals surface area contributed by atoms with Crippen LogP contribution in [-0.4, -0.2) is 22.5 Å². The number of benzene rings is 1. The largest absolute Gasteiger partial charge is 0.358 e. The summed E-state index contributed by atoms with van der Waals surface area (Å²) in [5.74, 6) is 0.641. The van der Waals surface area contributed by atoms with Crippen molar-refractivity contribution in [1.29, 1.82) is 0 Å². The van der Waals surface area contributed by atoms with Gasteiger partial charge in [-0.1, -0.05) is 24.3 Å². The molecule has 0 spiro atoms. The highest BCUT2D eigenvalue weighted by Gasteiger charge is 2.04. The summed E-state index contributed by atoms with van der Waals surface area (Å²) >= 11 is 0. The molecule has 3 rings (SSSR count). The van der Waals surface area contributed by atoms with E-state index in [0.29, 0.717) is 12.5 Å². The summed E-state index contributed by atoms with van der Waals surface area (Å²) in [7, 11) is 0. The maximum absolute atomic E-state index is 4.27. The first-order valence-corrected chi connectivity index (χ1v) is 7.16. The molecule has 1 aliphatic heterocycles. The SMILES string of the molecule is C1=CNC(NCc2ccc(CNc3ncccn3)cc2)N=C1. The second-order valence-electron chi connectivity index (χ2n) is 4.85. The molecule has 0 saturated heterocycles. The van der Waals surface area contributed by atoms with Crippen LogP contribution in [0.4, 0.5) is 5.95 Å².